The van der Waals surface area contributed by atoms with Crippen molar-refractivity contribution in [2.45, 2.75) is 13.8 Å². The first-order valence-corrected chi connectivity index (χ1v) is 6.26. The van der Waals surface area contributed by atoms with Crippen molar-refractivity contribution in [3.63, 3.8) is 0 Å². The average Bonchev–Trinajstić information content (AvgIpc) is 2.27. The molecule has 18 heavy (non-hydrogen) atoms. The Balaban J connectivity index is 2.39. The standard InChI is InChI=1S/C12H22N2O4/c1-4-13(5-6-18-3)12(17)14-7-10(8-14)9(2)11(15)16/h9-10H,4-8H2,1-3H3,(H,15,16). The molecule has 0 aromatic heterocycles. The zero-order valence-electron chi connectivity index (χ0n) is 11.3. The van der Waals surface area contributed by atoms with Crippen LogP contribution in [0.3, 0.4) is 0 Å². The van der Waals surface area contributed by atoms with E-state index in [9.17, 15) is 9.59 Å². The molecule has 0 aromatic carbocycles. The summed E-state index contributed by atoms with van der Waals surface area (Å²) in [4.78, 5) is 26.3. The van der Waals surface area contributed by atoms with Gasteiger partial charge in [-0.15, -0.1) is 0 Å². The summed E-state index contributed by atoms with van der Waals surface area (Å²) in [6, 6.07) is -0.0246. The van der Waals surface area contributed by atoms with Crippen LogP contribution in [0, 0.1) is 11.8 Å². The van der Waals surface area contributed by atoms with Crippen LogP contribution in [0.1, 0.15) is 13.8 Å². The van der Waals surface area contributed by atoms with Crippen LogP contribution in [0.4, 0.5) is 4.79 Å². The van der Waals surface area contributed by atoms with Crippen LogP contribution in [0.5, 0.6) is 0 Å². The highest BCUT2D eigenvalue weighted by Crippen LogP contribution is 2.24. The maximum atomic E-state index is 12.0. The van der Waals surface area contributed by atoms with Gasteiger partial charge in [-0.1, -0.05) is 6.92 Å². The number of methoxy groups -OCH3 is 1. The zero-order valence-corrected chi connectivity index (χ0v) is 11.3. The Hall–Kier alpha value is -1.30. The first kappa shape index (κ1) is 14.8. The quantitative estimate of drug-likeness (QED) is 0.762. The SMILES string of the molecule is CCN(CCOC)C(=O)N1CC(C(C)C(=O)O)C1. The van der Waals surface area contributed by atoms with Crippen LogP contribution >= 0.6 is 0 Å². The Morgan fingerprint density at radius 3 is 2.56 bits per heavy atom. The molecule has 1 rings (SSSR count). The number of likely N-dealkylation sites (N-methyl/N-ethyl adjacent to an activating group) is 1. The van der Waals surface area contributed by atoms with Gasteiger partial charge in [-0.3, -0.25) is 4.79 Å². The molecule has 0 spiro atoms. The highest BCUT2D eigenvalue weighted by molar-refractivity contribution is 5.76. The van der Waals surface area contributed by atoms with Gasteiger partial charge < -0.3 is 19.6 Å². The average molecular weight is 258 g/mol. The minimum atomic E-state index is -0.793. The first-order valence-electron chi connectivity index (χ1n) is 6.26. The lowest BCUT2D eigenvalue weighted by Crippen LogP contribution is -2.57. The second-order valence-electron chi connectivity index (χ2n) is 4.65. The Morgan fingerprint density at radius 2 is 2.11 bits per heavy atom. The van der Waals surface area contributed by atoms with Gasteiger partial charge in [-0.2, -0.15) is 0 Å². The van der Waals surface area contributed by atoms with Gasteiger partial charge in [-0.05, 0) is 6.92 Å². The molecule has 0 aliphatic carbocycles. The summed E-state index contributed by atoms with van der Waals surface area (Å²) in [5.41, 5.74) is 0. The molecule has 1 aliphatic heterocycles. The summed E-state index contributed by atoms with van der Waals surface area (Å²) < 4.78 is 4.96. The van der Waals surface area contributed by atoms with E-state index in [4.69, 9.17) is 9.84 Å². The number of hydrogen-bond acceptors (Lipinski definition) is 3. The van der Waals surface area contributed by atoms with E-state index >= 15 is 0 Å². The maximum absolute atomic E-state index is 12.0. The number of nitrogens with zero attached hydrogens (tertiary/aromatic N) is 2. The molecule has 0 aromatic rings. The fourth-order valence-electron chi connectivity index (χ4n) is 1.98. The highest BCUT2D eigenvalue weighted by atomic mass is 16.5. The molecule has 1 aliphatic rings. The number of aliphatic carboxylic acids is 1. The van der Waals surface area contributed by atoms with Crippen molar-refractivity contribution in [2.75, 3.05) is 39.9 Å². The van der Waals surface area contributed by atoms with Crippen LogP contribution in [-0.4, -0.2) is 66.8 Å². The van der Waals surface area contributed by atoms with E-state index in [2.05, 4.69) is 0 Å². The molecule has 1 atom stereocenters. The number of rotatable bonds is 6. The van der Waals surface area contributed by atoms with Gasteiger partial charge in [0.15, 0.2) is 0 Å². The van der Waals surface area contributed by atoms with Crippen molar-refractivity contribution >= 4 is 12.0 Å². The first-order chi connectivity index (χ1) is 8.51. The lowest BCUT2D eigenvalue weighted by Gasteiger charge is -2.43. The zero-order chi connectivity index (χ0) is 13.7. The third kappa shape index (κ3) is 3.35. The highest BCUT2D eigenvalue weighted by Gasteiger charge is 2.38. The summed E-state index contributed by atoms with van der Waals surface area (Å²) in [7, 11) is 1.60. The summed E-state index contributed by atoms with van der Waals surface area (Å²) in [5.74, 6) is -1.10. The summed E-state index contributed by atoms with van der Waals surface area (Å²) in [6.07, 6.45) is 0. The van der Waals surface area contributed by atoms with Crippen molar-refractivity contribution in [3.05, 3.63) is 0 Å². The summed E-state index contributed by atoms with van der Waals surface area (Å²) in [5, 5.41) is 8.88. The van der Waals surface area contributed by atoms with Crippen molar-refractivity contribution < 1.29 is 19.4 Å². The monoisotopic (exact) mass is 258 g/mol. The summed E-state index contributed by atoms with van der Waals surface area (Å²) in [6.45, 7) is 6.41. The Morgan fingerprint density at radius 1 is 1.50 bits per heavy atom. The lowest BCUT2D eigenvalue weighted by molar-refractivity contribution is -0.144. The van der Waals surface area contributed by atoms with Gasteiger partial charge in [0.1, 0.15) is 0 Å². The van der Waals surface area contributed by atoms with Crippen LogP contribution in [0.15, 0.2) is 0 Å². The van der Waals surface area contributed by atoms with Crippen LogP contribution < -0.4 is 0 Å². The third-order valence-electron chi connectivity index (χ3n) is 3.49. The van der Waals surface area contributed by atoms with Gasteiger partial charge in [-0.25, -0.2) is 4.79 Å². The van der Waals surface area contributed by atoms with E-state index in [0.717, 1.165) is 0 Å². The Bertz CT molecular complexity index is 302. The molecular weight excluding hydrogens is 236 g/mol. The summed E-state index contributed by atoms with van der Waals surface area (Å²) >= 11 is 0. The molecule has 6 heteroatoms. The predicted octanol–water partition coefficient (Wildman–Crippen LogP) is 0.727. The minimum Gasteiger partial charge on any atom is -0.481 e. The normalized spacial score (nSPS) is 17.2. The van der Waals surface area contributed by atoms with Gasteiger partial charge in [0.05, 0.1) is 12.5 Å². The van der Waals surface area contributed by atoms with Gasteiger partial charge in [0, 0.05) is 39.2 Å². The van der Waals surface area contributed by atoms with E-state index in [-0.39, 0.29) is 17.9 Å². The molecule has 2 amide bonds. The molecule has 6 nitrogen and oxygen atoms in total. The van der Waals surface area contributed by atoms with Gasteiger partial charge in [0.2, 0.25) is 0 Å². The van der Waals surface area contributed by atoms with E-state index < -0.39 is 5.97 Å². The number of hydrogen-bond donors (Lipinski definition) is 1. The lowest BCUT2D eigenvalue weighted by atomic mass is 9.87. The second kappa shape index (κ2) is 6.58. The van der Waals surface area contributed by atoms with Crippen molar-refractivity contribution in [1.82, 2.24) is 9.80 Å². The number of carboxylic acid groups (broad SMARTS) is 1. The topological polar surface area (TPSA) is 70.1 Å². The molecule has 104 valence electrons. The van der Waals surface area contributed by atoms with Gasteiger partial charge >= 0.3 is 12.0 Å². The number of urea groups is 1. The van der Waals surface area contributed by atoms with Crippen LogP contribution in [-0.2, 0) is 9.53 Å². The molecule has 0 bridgehead atoms. The number of carbonyl (C=O) groups excluding carboxylic acids is 1. The molecule has 1 fully saturated rings. The minimum absolute atomic E-state index is 0.0246. The second-order valence-corrected chi connectivity index (χ2v) is 4.65. The molecule has 1 unspecified atom stereocenters. The van der Waals surface area contributed by atoms with E-state index in [1.165, 1.54) is 0 Å². The fourth-order valence-corrected chi connectivity index (χ4v) is 1.98. The number of carboxylic acids is 1. The molecule has 0 radical (unpaired) electrons. The van der Waals surface area contributed by atoms with Crippen molar-refractivity contribution in [3.8, 4) is 0 Å². The maximum Gasteiger partial charge on any atom is 0.320 e. The Labute approximate surface area is 107 Å². The Kier molecular flexibility index (Phi) is 5.40. The molecule has 1 N–H and O–H groups in total. The predicted molar refractivity (Wildman–Crippen MR) is 66.4 cm³/mol. The fraction of sp³-hybridized carbons (Fsp3) is 0.833. The van der Waals surface area contributed by atoms with E-state index in [1.807, 2.05) is 6.92 Å². The van der Waals surface area contributed by atoms with Gasteiger partial charge in [0.25, 0.3) is 0 Å². The van der Waals surface area contributed by atoms with Crippen molar-refractivity contribution in [1.29, 1.82) is 0 Å². The molecule has 1 heterocycles. The smallest absolute Gasteiger partial charge is 0.320 e. The van der Waals surface area contributed by atoms with Crippen molar-refractivity contribution in [2.24, 2.45) is 11.8 Å². The largest absolute Gasteiger partial charge is 0.481 e. The molecule has 1 saturated heterocycles. The van der Waals surface area contributed by atoms with Crippen LogP contribution in [0.25, 0.3) is 0 Å². The van der Waals surface area contributed by atoms with E-state index in [1.54, 1.807) is 23.8 Å². The number of ether oxygens (including phenoxy) is 1. The number of carbonyl (C=O) groups is 2. The molecule has 0 saturated carbocycles. The van der Waals surface area contributed by atoms with Crippen LogP contribution in [0.2, 0.25) is 0 Å². The third-order valence-corrected chi connectivity index (χ3v) is 3.49. The van der Waals surface area contributed by atoms with E-state index in [0.29, 0.717) is 32.8 Å². The number of likely N-dealkylation sites (tertiary alicyclic amines) is 1. The molecular formula is C12H22N2O4. The number of amides is 2.